The number of ether oxygens (including phenoxy) is 1. The van der Waals surface area contributed by atoms with Crippen LogP contribution in [0.15, 0.2) is 46.9 Å². The van der Waals surface area contributed by atoms with E-state index < -0.39 is 0 Å². The van der Waals surface area contributed by atoms with Crippen LogP contribution in [-0.2, 0) is 6.54 Å². The van der Waals surface area contributed by atoms with Crippen LogP contribution in [0.3, 0.4) is 0 Å². The summed E-state index contributed by atoms with van der Waals surface area (Å²) in [7, 11) is 0. The van der Waals surface area contributed by atoms with Gasteiger partial charge in [0.05, 0.1) is 6.61 Å². The quantitative estimate of drug-likeness (QED) is 0.814. The van der Waals surface area contributed by atoms with Crippen molar-refractivity contribution in [2.45, 2.75) is 13.5 Å². The second-order valence-electron chi connectivity index (χ2n) is 4.43. The van der Waals surface area contributed by atoms with Crippen molar-refractivity contribution in [2.75, 3.05) is 12.3 Å². The first kappa shape index (κ1) is 15.4. The van der Waals surface area contributed by atoms with Crippen LogP contribution >= 0.6 is 15.9 Å². The second-order valence-corrected chi connectivity index (χ2v) is 5.28. The molecule has 0 unspecified atom stereocenters. The number of benzene rings is 2. The highest BCUT2D eigenvalue weighted by Gasteiger charge is 2.16. The number of hydrogen-bond acceptors (Lipinski definition) is 3. The first-order valence-electron chi connectivity index (χ1n) is 6.66. The average molecular weight is 349 g/mol. The molecule has 0 saturated carbocycles. The van der Waals surface area contributed by atoms with E-state index in [0.29, 0.717) is 30.2 Å². The van der Waals surface area contributed by atoms with Crippen LogP contribution in [0.2, 0.25) is 0 Å². The van der Waals surface area contributed by atoms with Crippen molar-refractivity contribution < 1.29 is 9.53 Å². The van der Waals surface area contributed by atoms with Gasteiger partial charge in [0.25, 0.3) is 5.91 Å². The van der Waals surface area contributed by atoms with Gasteiger partial charge in [-0.1, -0.05) is 40.2 Å². The molecule has 0 aromatic heterocycles. The molecular formula is C16H17BrN2O2. The van der Waals surface area contributed by atoms with Gasteiger partial charge in [0, 0.05) is 16.7 Å². The molecule has 3 N–H and O–H groups in total. The first-order valence-corrected chi connectivity index (χ1v) is 7.45. The van der Waals surface area contributed by atoms with Crippen molar-refractivity contribution in [3.8, 4) is 5.75 Å². The summed E-state index contributed by atoms with van der Waals surface area (Å²) in [5, 5.41) is 2.87. The summed E-state index contributed by atoms with van der Waals surface area (Å²) in [6.07, 6.45) is 0. The average Bonchev–Trinajstić information content (AvgIpc) is 2.47. The zero-order valence-corrected chi connectivity index (χ0v) is 13.3. The number of rotatable bonds is 5. The van der Waals surface area contributed by atoms with Gasteiger partial charge in [-0.15, -0.1) is 0 Å². The predicted octanol–water partition coefficient (Wildman–Crippen LogP) is 3.36. The zero-order chi connectivity index (χ0) is 15.2. The van der Waals surface area contributed by atoms with Crippen LogP contribution in [0.25, 0.3) is 0 Å². The van der Waals surface area contributed by atoms with Crippen molar-refractivity contribution in [3.05, 3.63) is 58.1 Å². The number of carbonyl (C=O) groups is 1. The maximum atomic E-state index is 12.4. The fourth-order valence-corrected chi connectivity index (χ4v) is 2.40. The third kappa shape index (κ3) is 3.76. The van der Waals surface area contributed by atoms with E-state index in [0.717, 1.165) is 10.0 Å². The second kappa shape index (κ2) is 7.13. The Morgan fingerprint density at radius 2 is 2.00 bits per heavy atom. The molecule has 1 amide bonds. The minimum absolute atomic E-state index is 0.243. The number of carbonyl (C=O) groups excluding carboxylic acids is 1. The highest BCUT2D eigenvalue weighted by atomic mass is 79.9. The SMILES string of the molecule is CCOc1cccc(N)c1C(=O)NCc1ccccc1Br. The van der Waals surface area contributed by atoms with Gasteiger partial charge >= 0.3 is 0 Å². The third-order valence-corrected chi connectivity index (χ3v) is 3.76. The smallest absolute Gasteiger partial charge is 0.257 e. The Morgan fingerprint density at radius 1 is 1.24 bits per heavy atom. The molecule has 0 aliphatic carbocycles. The Bertz CT molecular complexity index is 644. The number of nitrogens with one attached hydrogen (secondary N) is 1. The van der Waals surface area contributed by atoms with E-state index in [1.54, 1.807) is 18.2 Å². The van der Waals surface area contributed by atoms with Crippen molar-refractivity contribution in [1.29, 1.82) is 0 Å². The summed E-state index contributed by atoms with van der Waals surface area (Å²) in [5.74, 6) is 0.259. The van der Waals surface area contributed by atoms with Crippen molar-refractivity contribution in [2.24, 2.45) is 0 Å². The lowest BCUT2D eigenvalue weighted by atomic mass is 10.1. The van der Waals surface area contributed by atoms with Gasteiger partial charge in [0.15, 0.2) is 0 Å². The van der Waals surface area contributed by atoms with Crippen LogP contribution in [0.5, 0.6) is 5.75 Å². The lowest BCUT2D eigenvalue weighted by Gasteiger charge is -2.13. The fraction of sp³-hybridized carbons (Fsp3) is 0.188. The van der Waals surface area contributed by atoms with E-state index in [1.165, 1.54) is 0 Å². The lowest BCUT2D eigenvalue weighted by molar-refractivity contribution is 0.0948. The molecular weight excluding hydrogens is 332 g/mol. The van der Waals surface area contributed by atoms with Gasteiger partial charge < -0.3 is 15.8 Å². The van der Waals surface area contributed by atoms with E-state index >= 15 is 0 Å². The summed E-state index contributed by atoms with van der Waals surface area (Å²) in [6, 6.07) is 12.9. The number of amides is 1. The Labute approximate surface area is 132 Å². The molecule has 0 heterocycles. The number of hydrogen-bond donors (Lipinski definition) is 2. The molecule has 0 spiro atoms. The summed E-state index contributed by atoms with van der Waals surface area (Å²) in [4.78, 5) is 12.4. The summed E-state index contributed by atoms with van der Waals surface area (Å²) in [6.45, 7) is 2.76. The normalized spacial score (nSPS) is 10.2. The van der Waals surface area contributed by atoms with Crippen LogP contribution in [-0.4, -0.2) is 12.5 Å². The topological polar surface area (TPSA) is 64.3 Å². The van der Waals surface area contributed by atoms with Gasteiger partial charge in [-0.2, -0.15) is 0 Å². The van der Waals surface area contributed by atoms with Crippen LogP contribution < -0.4 is 15.8 Å². The summed E-state index contributed by atoms with van der Waals surface area (Å²) < 4.78 is 6.42. The number of anilines is 1. The van der Waals surface area contributed by atoms with E-state index in [2.05, 4.69) is 21.2 Å². The highest BCUT2D eigenvalue weighted by Crippen LogP contribution is 2.24. The molecule has 0 bridgehead atoms. The Morgan fingerprint density at radius 3 is 2.71 bits per heavy atom. The standard InChI is InChI=1S/C16H17BrN2O2/c1-2-21-14-9-5-8-13(18)15(14)16(20)19-10-11-6-3-4-7-12(11)17/h3-9H,2,10,18H2,1H3,(H,19,20). The molecule has 21 heavy (non-hydrogen) atoms. The molecule has 0 saturated heterocycles. The molecule has 5 heteroatoms. The van der Waals surface area contributed by atoms with Crippen molar-refractivity contribution >= 4 is 27.5 Å². The molecule has 2 aromatic carbocycles. The maximum absolute atomic E-state index is 12.4. The minimum atomic E-state index is -0.243. The number of halogens is 1. The van der Waals surface area contributed by atoms with Gasteiger partial charge in [-0.05, 0) is 30.7 Å². The number of nitrogens with two attached hydrogens (primary N) is 1. The fourth-order valence-electron chi connectivity index (χ4n) is 1.97. The molecule has 0 atom stereocenters. The van der Waals surface area contributed by atoms with Crippen LogP contribution in [0, 0.1) is 0 Å². The molecule has 110 valence electrons. The third-order valence-electron chi connectivity index (χ3n) is 2.98. The van der Waals surface area contributed by atoms with Crippen molar-refractivity contribution in [3.63, 3.8) is 0 Å². The van der Waals surface area contributed by atoms with E-state index in [-0.39, 0.29) is 5.91 Å². The van der Waals surface area contributed by atoms with Gasteiger partial charge in [0.1, 0.15) is 11.3 Å². The monoisotopic (exact) mass is 348 g/mol. The minimum Gasteiger partial charge on any atom is -0.493 e. The summed E-state index contributed by atoms with van der Waals surface area (Å²) >= 11 is 3.46. The van der Waals surface area contributed by atoms with Gasteiger partial charge in [-0.25, -0.2) is 0 Å². The van der Waals surface area contributed by atoms with E-state index in [9.17, 15) is 4.79 Å². The summed E-state index contributed by atoms with van der Waals surface area (Å²) in [5.41, 5.74) is 7.69. The molecule has 0 radical (unpaired) electrons. The molecule has 0 aliphatic heterocycles. The molecule has 2 rings (SSSR count). The van der Waals surface area contributed by atoms with Gasteiger partial charge in [-0.3, -0.25) is 4.79 Å². The highest BCUT2D eigenvalue weighted by molar-refractivity contribution is 9.10. The lowest BCUT2D eigenvalue weighted by Crippen LogP contribution is -2.24. The largest absolute Gasteiger partial charge is 0.493 e. The molecule has 2 aromatic rings. The maximum Gasteiger partial charge on any atom is 0.257 e. The van der Waals surface area contributed by atoms with Crippen LogP contribution in [0.1, 0.15) is 22.8 Å². The van der Waals surface area contributed by atoms with E-state index in [4.69, 9.17) is 10.5 Å². The van der Waals surface area contributed by atoms with E-state index in [1.807, 2.05) is 31.2 Å². The Kier molecular flexibility index (Phi) is 5.22. The molecule has 0 fully saturated rings. The molecule has 0 aliphatic rings. The molecule has 4 nitrogen and oxygen atoms in total. The van der Waals surface area contributed by atoms with Crippen molar-refractivity contribution in [1.82, 2.24) is 5.32 Å². The predicted molar refractivity (Wildman–Crippen MR) is 87.3 cm³/mol. The Balaban J connectivity index is 2.16. The van der Waals surface area contributed by atoms with Gasteiger partial charge in [0.2, 0.25) is 0 Å². The number of nitrogen functional groups attached to an aromatic ring is 1. The first-order chi connectivity index (χ1) is 10.1. The van der Waals surface area contributed by atoms with Crippen LogP contribution in [0.4, 0.5) is 5.69 Å². The zero-order valence-electron chi connectivity index (χ0n) is 11.7. The Hall–Kier alpha value is -2.01.